The highest BCUT2D eigenvalue weighted by atomic mass is 16.5. The van der Waals surface area contributed by atoms with Gasteiger partial charge in [-0.1, -0.05) is 19.0 Å². The first-order valence-electron chi connectivity index (χ1n) is 7.94. The van der Waals surface area contributed by atoms with Gasteiger partial charge >= 0.3 is 0 Å². The van der Waals surface area contributed by atoms with Gasteiger partial charge in [-0.25, -0.2) is 0 Å². The zero-order chi connectivity index (χ0) is 15.2. The van der Waals surface area contributed by atoms with Gasteiger partial charge in [0, 0.05) is 19.2 Å². The Morgan fingerprint density at radius 1 is 1.48 bits per heavy atom. The van der Waals surface area contributed by atoms with Crippen LogP contribution in [0, 0.1) is 18.8 Å². The third-order valence-electron chi connectivity index (χ3n) is 3.94. The number of aryl methyl sites for hydroxylation is 1. The third kappa shape index (κ3) is 5.50. The van der Waals surface area contributed by atoms with E-state index in [0.717, 1.165) is 31.3 Å². The normalized spacial score (nSPS) is 17.3. The summed E-state index contributed by atoms with van der Waals surface area (Å²) in [5, 5.41) is 6.87. The van der Waals surface area contributed by atoms with Crippen LogP contribution in [0.1, 0.15) is 38.1 Å². The number of rotatable bonds is 6. The Kier molecular flexibility index (Phi) is 5.79. The van der Waals surface area contributed by atoms with E-state index in [9.17, 15) is 4.79 Å². The Morgan fingerprint density at radius 3 is 2.76 bits per heavy atom. The number of likely N-dealkylation sites (tertiary alicyclic amines) is 1. The molecule has 0 aliphatic carbocycles. The van der Waals surface area contributed by atoms with Gasteiger partial charge in [-0.15, -0.1) is 0 Å². The maximum absolute atomic E-state index is 11.9. The minimum Gasteiger partial charge on any atom is -0.361 e. The highest BCUT2D eigenvalue weighted by Crippen LogP contribution is 2.17. The van der Waals surface area contributed by atoms with Crippen LogP contribution in [-0.2, 0) is 11.2 Å². The standard InChI is InChI=1S/C16H27N3O2/c1-12(2)11-19-6-4-14(5-7-19)10-17-16(20)9-15-8-13(3)21-18-15/h8,12,14H,4-7,9-11H2,1-3H3,(H,17,20). The van der Waals surface area contributed by atoms with Gasteiger partial charge < -0.3 is 14.7 Å². The Labute approximate surface area is 127 Å². The van der Waals surface area contributed by atoms with Gasteiger partial charge in [-0.05, 0) is 44.7 Å². The summed E-state index contributed by atoms with van der Waals surface area (Å²) >= 11 is 0. The molecule has 0 spiro atoms. The zero-order valence-electron chi connectivity index (χ0n) is 13.4. The van der Waals surface area contributed by atoms with Crippen LogP contribution in [0.5, 0.6) is 0 Å². The molecular weight excluding hydrogens is 266 g/mol. The maximum atomic E-state index is 11.9. The van der Waals surface area contributed by atoms with Crippen molar-refractivity contribution in [2.45, 2.75) is 40.0 Å². The number of amides is 1. The van der Waals surface area contributed by atoms with E-state index >= 15 is 0 Å². The number of hydrogen-bond donors (Lipinski definition) is 1. The molecule has 2 heterocycles. The molecule has 0 unspecified atom stereocenters. The van der Waals surface area contributed by atoms with Gasteiger partial charge in [-0.3, -0.25) is 4.79 Å². The maximum Gasteiger partial charge on any atom is 0.226 e. The van der Waals surface area contributed by atoms with E-state index in [1.165, 1.54) is 19.4 Å². The molecule has 0 radical (unpaired) electrons. The van der Waals surface area contributed by atoms with Crippen molar-refractivity contribution in [3.63, 3.8) is 0 Å². The van der Waals surface area contributed by atoms with Crippen LogP contribution >= 0.6 is 0 Å². The predicted octanol–water partition coefficient (Wildman–Crippen LogP) is 2.01. The number of piperidine rings is 1. The number of carbonyl (C=O) groups excluding carboxylic acids is 1. The van der Waals surface area contributed by atoms with E-state index in [1.807, 2.05) is 13.0 Å². The van der Waals surface area contributed by atoms with E-state index in [1.54, 1.807) is 0 Å². The molecule has 1 aliphatic heterocycles. The molecule has 1 saturated heterocycles. The largest absolute Gasteiger partial charge is 0.361 e. The summed E-state index contributed by atoms with van der Waals surface area (Å²) in [7, 11) is 0. The molecule has 0 aromatic carbocycles. The van der Waals surface area contributed by atoms with Crippen molar-refractivity contribution in [3.05, 3.63) is 17.5 Å². The minimum atomic E-state index is 0.0351. The smallest absolute Gasteiger partial charge is 0.226 e. The molecule has 1 fully saturated rings. The summed E-state index contributed by atoms with van der Waals surface area (Å²) in [5.41, 5.74) is 0.705. The molecule has 5 nitrogen and oxygen atoms in total. The Hall–Kier alpha value is -1.36. The van der Waals surface area contributed by atoms with Crippen LogP contribution in [-0.4, -0.2) is 42.1 Å². The van der Waals surface area contributed by atoms with Crippen LogP contribution in [0.2, 0.25) is 0 Å². The molecule has 5 heteroatoms. The molecular formula is C16H27N3O2. The first-order chi connectivity index (χ1) is 10.0. The van der Waals surface area contributed by atoms with Gasteiger partial charge in [0.05, 0.1) is 12.1 Å². The zero-order valence-corrected chi connectivity index (χ0v) is 13.4. The highest BCUT2D eigenvalue weighted by molar-refractivity contribution is 5.78. The second kappa shape index (κ2) is 7.59. The number of hydrogen-bond acceptors (Lipinski definition) is 4. The van der Waals surface area contributed by atoms with E-state index in [-0.39, 0.29) is 5.91 Å². The van der Waals surface area contributed by atoms with Crippen molar-refractivity contribution in [1.29, 1.82) is 0 Å². The predicted molar refractivity (Wildman–Crippen MR) is 82.0 cm³/mol. The molecule has 1 N–H and O–H groups in total. The average Bonchev–Trinajstić information content (AvgIpc) is 2.83. The fraction of sp³-hybridized carbons (Fsp3) is 0.750. The van der Waals surface area contributed by atoms with Crippen molar-refractivity contribution in [1.82, 2.24) is 15.4 Å². The highest BCUT2D eigenvalue weighted by Gasteiger charge is 2.20. The minimum absolute atomic E-state index is 0.0351. The first-order valence-corrected chi connectivity index (χ1v) is 7.94. The molecule has 0 saturated carbocycles. The second-order valence-electron chi connectivity index (χ2n) is 6.55. The van der Waals surface area contributed by atoms with Crippen molar-refractivity contribution in [2.24, 2.45) is 11.8 Å². The molecule has 1 aromatic rings. The van der Waals surface area contributed by atoms with Gasteiger partial charge in [-0.2, -0.15) is 0 Å². The van der Waals surface area contributed by atoms with Crippen LogP contribution in [0.3, 0.4) is 0 Å². The van der Waals surface area contributed by atoms with Crippen molar-refractivity contribution >= 4 is 5.91 Å². The molecule has 1 aromatic heterocycles. The van der Waals surface area contributed by atoms with Gasteiger partial charge in [0.15, 0.2) is 0 Å². The Morgan fingerprint density at radius 2 is 2.19 bits per heavy atom. The molecule has 0 bridgehead atoms. The lowest BCUT2D eigenvalue weighted by atomic mass is 9.96. The van der Waals surface area contributed by atoms with Gasteiger partial charge in [0.2, 0.25) is 5.91 Å². The summed E-state index contributed by atoms with van der Waals surface area (Å²) in [5.74, 6) is 2.12. The molecule has 118 valence electrons. The topological polar surface area (TPSA) is 58.4 Å². The molecule has 21 heavy (non-hydrogen) atoms. The first kappa shape index (κ1) is 16.0. The van der Waals surface area contributed by atoms with E-state index in [2.05, 4.69) is 29.2 Å². The summed E-state index contributed by atoms with van der Waals surface area (Å²) in [6, 6.07) is 1.81. The van der Waals surface area contributed by atoms with Crippen molar-refractivity contribution in [2.75, 3.05) is 26.2 Å². The van der Waals surface area contributed by atoms with Crippen LogP contribution in [0.4, 0.5) is 0 Å². The number of carbonyl (C=O) groups is 1. The number of nitrogens with one attached hydrogen (secondary N) is 1. The van der Waals surface area contributed by atoms with Crippen molar-refractivity contribution < 1.29 is 9.32 Å². The fourth-order valence-corrected chi connectivity index (χ4v) is 2.88. The van der Waals surface area contributed by atoms with Gasteiger partial charge in [0.25, 0.3) is 0 Å². The SMILES string of the molecule is Cc1cc(CC(=O)NCC2CCN(CC(C)C)CC2)no1. The summed E-state index contributed by atoms with van der Waals surface area (Å²) in [6.45, 7) is 10.6. The number of nitrogens with zero attached hydrogens (tertiary/aromatic N) is 2. The lowest BCUT2D eigenvalue weighted by molar-refractivity contribution is -0.120. The van der Waals surface area contributed by atoms with E-state index in [0.29, 0.717) is 18.0 Å². The van der Waals surface area contributed by atoms with Crippen LogP contribution < -0.4 is 5.32 Å². The lowest BCUT2D eigenvalue weighted by Gasteiger charge is -2.33. The molecule has 1 amide bonds. The van der Waals surface area contributed by atoms with Crippen LogP contribution in [0.15, 0.2) is 10.6 Å². The Balaban J connectivity index is 1.64. The molecule has 0 atom stereocenters. The summed E-state index contributed by atoms with van der Waals surface area (Å²) in [4.78, 5) is 14.4. The van der Waals surface area contributed by atoms with E-state index < -0.39 is 0 Å². The third-order valence-corrected chi connectivity index (χ3v) is 3.94. The van der Waals surface area contributed by atoms with Crippen molar-refractivity contribution in [3.8, 4) is 0 Å². The lowest BCUT2D eigenvalue weighted by Crippen LogP contribution is -2.40. The van der Waals surface area contributed by atoms with Crippen LogP contribution in [0.25, 0.3) is 0 Å². The molecule has 2 rings (SSSR count). The molecule has 1 aliphatic rings. The second-order valence-corrected chi connectivity index (χ2v) is 6.55. The summed E-state index contributed by atoms with van der Waals surface area (Å²) in [6.07, 6.45) is 2.66. The summed E-state index contributed by atoms with van der Waals surface area (Å²) < 4.78 is 4.97. The fourth-order valence-electron chi connectivity index (χ4n) is 2.88. The average molecular weight is 293 g/mol. The quantitative estimate of drug-likeness (QED) is 0.871. The van der Waals surface area contributed by atoms with E-state index in [4.69, 9.17) is 4.52 Å². The monoisotopic (exact) mass is 293 g/mol. The number of aromatic nitrogens is 1. The Bertz CT molecular complexity index is 448. The van der Waals surface area contributed by atoms with Gasteiger partial charge in [0.1, 0.15) is 5.76 Å².